The zero-order valence-electron chi connectivity index (χ0n) is 18.2. The van der Waals surface area contributed by atoms with Crippen LogP contribution in [0.5, 0.6) is 0 Å². The highest BCUT2D eigenvalue weighted by atomic mass is 32.2. The van der Waals surface area contributed by atoms with Gasteiger partial charge in [-0.15, -0.1) is 0 Å². The lowest BCUT2D eigenvalue weighted by Gasteiger charge is -2.38. The third-order valence-corrected chi connectivity index (χ3v) is 7.87. The van der Waals surface area contributed by atoms with Crippen LogP contribution in [0.15, 0.2) is 40.5 Å². The number of anilines is 2. The van der Waals surface area contributed by atoms with E-state index in [1.807, 2.05) is 6.07 Å². The van der Waals surface area contributed by atoms with Crippen LogP contribution in [-0.2, 0) is 20.8 Å². The number of benzene rings is 1. The van der Waals surface area contributed by atoms with Gasteiger partial charge >= 0.3 is 12.1 Å². The molecule has 1 aromatic heterocycles. The van der Waals surface area contributed by atoms with Crippen LogP contribution >= 0.6 is 11.8 Å². The molecule has 2 aliphatic heterocycles. The number of hydrogen-bond acceptors (Lipinski definition) is 8. The van der Waals surface area contributed by atoms with E-state index in [2.05, 4.69) is 27.0 Å². The van der Waals surface area contributed by atoms with Crippen LogP contribution in [0.4, 0.5) is 16.3 Å². The molecule has 168 valence electrons. The van der Waals surface area contributed by atoms with Crippen molar-refractivity contribution < 1.29 is 19.1 Å². The molecular formula is C23H26N4O4S. The van der Waals surface area contributed by atoms with Crippen molar-refractivity contribution in [2.75, 3.05) is 32.2 Å². The lowest BCUT2D eigenvalue weighted by Crippen LogP contribution is -2.42. The van der Waals surface area contributed by atoms with E-state index in [0.717, 1.165) is 35.8 Å². The van der Waals surface area contributed by atoms with Gasteiger partial charge in [0.1, 0.15) is 5.03 Å². The molecule has 3 aliphatic rings. The van der Waals surface area contributed by atoms with Gasteiger partial charge in [0.25, 0.3) is 0 Å². The Morgan fingerprint density at radius 1 is 1.09 bits per heavy atom. The molecule has 2 fully saturated rings. The highest BCUT2D eigenvalue weighted by Crippen LogP contribution is 2.47. The summed E-state index contributed by atoms with van der Waals surface area (Å²) >= 11 is 1.51. The summed E-state index contributed by atoms with van der Waals surface area (Å²) in [5.41, 5.74) is 1.91. The minimum atomic E-state index is -0.480. The zero-order valence-corrected chi connectivity index (χ0v) is 19.0. The molecule has 9 heteroatoms. The third-order valence-electron chi connectivity index (χ3n) is 6.83. The van der Waals surface area contributed by atoms with Gasteiger partial charge in [0, 0.05) is 43.3 Å². The number of amides is 1. The van der Waals surface area contributed by atoms with E-state index >= 15 is 0 Å². The summed E-state index contributed by atoms with van der Waals surface area (Å²) in [4.78, 5) is 38.1. The van der Waals surface area contributed by atoms with Crippen LogP contribution in [0.25, 0.3) is 0 Å². The lowest BCUT2D eigenvalue weighted by molar-refractivity contribution is -0.143. The standard InChI is InChI=1S/C23H26N4O4S/c1-30-20(28)10-17-15-4-5-16(17)13-26(12-15)11-14-3-6-19-18(9-14)27(23(29)31-2)21-22(32-19)25-8-7-24-21/h3,6-9,15-17H,4-5,10-13H2,1-2H3. The Bertz CT molecular complexity index is 1030. The third kappa shape index (κ3) is 3.84. The van der Waals surface area contributed by atoms with Crippen molar-refractivity contribution in [3.05, 3.63) is 36.2 Å². The normalized spacial score (nSPS) is 23.9. The molecule has 1 saturated heterocycles. The molecule has 3 heterocycles. The van der Waals surface area contributed by atoms with Gasteiger partial charge in [-0.25, -0.2) is 19.7 Å². The molecule has 2 aromatic rings. The minimum absolute atomic E-state index is 0.0983. The topological polar surface area (TPSA) is 84.9 Å². The van der Waals surface area contributed by atoms with Crippen LogP contribution in [-0.4, -0.2) is 54.2 Å². The van der Waals surface area contributed by atoms with Crippen molar-refractivity contribution in [3.63, 3.8) is 0 Å². The first-order chi connectivity index (χ1) is 15.6. The number of aromatic nitrogens is 2. The molecule has 1 aromatic carbocycles. The van der Waals surface area contributed by atoms with Gasteiger partial charge in [-0.05, 0) is 48.3 Å². The zero-order chi connectivity index (χ0) is 22.2. The van der Waals surface area contributed by atoms with Crippen molar-refractivity contribution in [1.29, 1.82) is 0 Å². The summed E-state index contributed by atoms with van der Waals surface area (Å²) < 4.78 is 9.95. The molecule has 1 saturated carbocycles. The van der Waals surface area contributed by atoms with Gasteiger partial charge < -0.3 is 9.47 Å². The van der Waals surface area contributed by atoms with Crippen molar-refractivity contribution in [2.45, 2.75) is 35.7 Å². The monoisotopic (exact) mass is 454 g/mol. The van der Waals surface area contributed by atoms with Crippen LogP contribution in [0, 0.1) is 17.8 Å². The van der Waals surface area contributed by atoms with Crippen LogP contribution in [0.2, 0.25) is 0 Å². The molecule has 1 aliphatic carbocycles. The van der Waals surface area contributed by atoms with Crippen molar-refractivity contribution in [3.8, 4) is 0 Å². The van der Waals surface area contributed by atoms with Crippen molar-refractivity contribution >= 4 is 35.3 Å². The molecule has 2 atom stereocenters. The molecule has 0 radical (unpaired) electrons. The number of hydrogen-bond donors (Lipinski definition) is 0. The van der Waals surface area contributed by atoms with Gasteiger partial charge in [-0.2, -0.15) is 0 Å². The molecule has 0 spiro atoms. The number of carbonyl (C=O) groups is 2. The predicted molar refractivity (Wildman–Crippen MR) is 119 cm³/mol. The highest BCUT2D eigenvalue weighted by molar-refractivity contribution is 7.99. The quantitative estimate of drug-likeness (QED) is 0.644. The van der Waals surface area contributed by atoms with E-state index in [9.17, 15) is 9.59 Å². The molecule has 0 N–H and O–H groups in total. The average Bonchev–Trinajstić information content (AvgIpc) is 3.03. The minimum Gasteiger partial charge on any atom is -0.469 e. The first-order valence-electron chi connectivity index (χ1n) is 10.9. The molecule has 32 heavy (non-hydrogen) atoms. The summed E-state index contributed by atoms with van der Waals surface area (Å²) in [6.07, 6.45) is 5.61. The number of nitrogens with zero attached hydrogens (tertiary/aromatic N) is 4. The first kappa shape index (κ1) is 21.2. The fraction of sp³-hybridized carbons (Fsp3) is 0.478. The molecule has 2 bridgehead atoms. The van der Waals surface area contributed by atoms with Crippen LogP contribution in [0.3, 0.4) is 0 Å². The van der Waals surface area contributed by atoms with E-state index in [-0.39, 0.29) is 5.97 Å². The summed E-state index contributed by atoms with van der Waals surface area (Å²) in [6.45, 7) is 2.77. The number of fused-ring (bicyclic) bond motifs is 4. The van der Waals surface area contributed by atoms with Crippen LogP contribution < -0.4 is 4.90 Å². The van der Waals surface area contributed by atoms with Crippen molar-refractivity contribution in [1.82, 2.24) is 14.9 Å². The maximum absolute atomic E-state index is 12.6. The number of carbonyl (C=O) groups excluding carboxylic acids is 2. The lowest BCUT2D eigenvalue weighted by atomic mass is 9.82. The van der Waals surface area contributed by atoms with E-state index in [4.69, 9.17) is 9.47 Å². The number of ether oxygens (including phenoxy) is 2. The smallest absolute Gasteiger partial charge is 0.420 e. The molecular weight excluding hydrogens is 428 g/mol. The number of methoxy groups -OCH3 is 2. The Balaban J connectivity index is 1.35. The summed E-state index contributed by atoms with van der Waals surface area (Å²) in [7, 11) is 2.84. The van der Waals surface area contributed by atoms with Crippen molar-refractivity contribution in [2.24, 2.45) is 17.8 Å². The second-order valence-corrected chi connectivity index (χ2v) is 9.66. The largest absolute Gasteiger partial charge is 0.469 e. The SMILES string of the molecule is COC(=O)CC1C2CCC1CN(Cc1ccc3c(c1)N(C(=O)OC)c1nccnc1S3)C2. The summed E-state index contributed by atoms with van der Waals surface area (Å²) in [5.74, 6) is 1.91. The Kier molecular flexibility index (Phi) is 5.77. The van der Waals surface area contributed by atoms with Gasteiger partial charge in [0.2, 0.25) is 0 Å². The van der Waals surface area contributed by atoms with E-state index in [1.165, 1.54) is 43.7 Å². The number of likely N-dealkylation sites (tertiary alicyclic amines) is 1. The fourth-order valence-electron chi connectivity index (χ4n) is 5.39. The van der Waals surface area contributed by atoms with Gasteiger partial charge in [-0.1, -0.05) is 17.8 Å². The maximum atomic E-state index is 12.6. The molecule has 8 nitrogen and oxygen atoms in total. The van der Waals surface area contributed by atoms with E-state index < -0.39 is 6.09 Å². The summed E-state index contributed by atoms with van der Waals surface area (Å²) in [5, 5.41) is 0.683. The predicted octanol–water partition coefficient (Wildman–Crippen LogP) is 3.87. The number of esters is 1. The average molecular weight is 455 g/mol. The molecule has 5 rings (SSSR count). The Labute approximate surface area is 191 Å². The first-order valence-corrected chi connectivity index (χ1v) is 11.7. The van der Waals surface area contributed by atoms with E-state index in [1.54, 1.807) is 12.4 Å². The van der Waals surface area contributed by atoms with E-state index in [0.29, 0.717) is 35.0 Å². The highest BCUT2D eigenvalue weighted by Gasteiger charge is 2.43. The van der Waals surface area contributed by atoms with Crippen LogP contribution in [0.1, 0.15) is 24.8 Å². The second-order valence-electron chi connectivity index (χ2n) is 8.63. The second kappa shape index (κ2) is 8.71. The summed E-state index contributed by atoms with van der Waals surface area (Å²) in [6, 6.07) is 6.21. The Morgan fingerprint density at radius 3 is 2.56 bits per heavy atom. The van der Waals surface area contributed by atoms with Gasteiger partial charge in [-0.3, -0.25) is 9.69 Å². The number of rotatable bonds is 4. The maximum Gasteiger partial charge on any atom is 0.420 e. The van der Waals surface area contributed by atoms with Gasteiger partial charge in [0.05, 0.1) is 19.9 Å². The number of piperidine rings is 1. The Morgan fingerprint density at radius 2 is 1.84 bits per heavy atom. The molecule has 2 unspecified atom stereocenters. The molecule has 1 amide bonds. The van der Waals surface area contributed by atoms with Gasteiger partial charge in [0.15, 0.2) is 5.82 Å². The Hall–Kier alpha value is -2.65. The fourth-order valence-corrected chi connectivity index (χ4v) is 6.34.